The summed E-state index contributed by atoms with van der Waals surface area (Å²) in [4.78, 5) is 37.7. The molecule has 2 heterocycles. The standard InChI is InChI=1S/C23H29N5O4/c1-6-16(4)27-20(11-12-24-27)25-22(30)17(5)32-23(31)18-9-10-21(29)28(26-18)19-13-14(2)7-8-15(19)3/h7-8,11-13,16-17H,6,9-10H2,1-5H3,(H,25,30). The molecule has 1 aliphatic heterocycles. The highest BCUT2D eigenvalue weighted by molar-refractivity contribution is 6.38. The van der Waals surface area contributed by atoms with Gasteiger partial charge in [-0.25, -0.2) is 9.48 Å². The van der Waals surface area contributed by atoms with E-state index in [9.17, 15) is 14.4 Å². The van der Waals surface area contributed by atoms with Crippen LogP contribution in [0.1, 0.15) is 57.2 Å². The van der Waals surface area contributed by atoms with E-state index in [-0.39, 0.29) is 30.5 Å². The summed E-state index contributed by atoms with van der Waals surface area (Å²) >= 11 is 0. The Morgan fingerprint density at radius 3 is 2.66 bits per heavy atom. The fourth-order valence-corrected chi connectivity index (χ4v) is 3.28. The molecule has 1 aromatic carbocycles. The van der Waals surface area contributed by atoms with E-state index in [1.165, 1.54) is 11.9 Å². The monoisotopic (exact) mass is 439 g/mol. The number of anilines is 2. The molecule has 0 fully saturated rings. The summed E-state index contributed by atoms with van der Waals surface area (Å²) < 4.78 is 7.06. The Morgan fingerprint density at radius 2 is 1.94 bits per heavy atom. The number of carbonyl (C=O) groups is 3. The molecule has 2 atom stereocenters. The molecule has 0 radical (unpaired) electrons. The summed E-state index contributed by atoms with van der Waals surface area (Å²) in [6.07, 6.45) is 1.71. The van der Waals surface area contributed by atoms with E-state index in [1.54, 1.807) is 16.9 Å². The lowest BCUT2D eigenvalue weighted by Crippen LogP contribution is -2.38. The molecular formula is C23H29N5O4. The Balaban J connectivity index is 1.70. The number of rotatable bonds is 7. The van der Waals surface area contributed by atoms with Crippen LogP contribution in [0.4, 0.5) is 11.5 Å². The first-order valence-electron chi connectivity index (χ1n) is 10.7. The van der Waals surface area contributed by atoms with Crippen LogP contribution >= 0.6 is 0 Å². The second kappa shape index (κ2) is 9.76. The zero-order valence-electron chi connectivity index (χ0n) is 19.1. The fraction of sp³-hybridized carbons (Fsp3) is 0.435. The average molecular weight is 440 g/mol. The molecule has 0 aliphatic carbocycles. The normalized spacial score (nSPS) is 15.7. The van der Waals surface area contributed by atoms with Crippen molar-refractivity contribution in [1.29, 1.82) is 0 Å². The first-order chi connectivity index (χ1) is 15.2. The largest absolute Gasteiger partial charge is 0.448 e. The van der Waals surface area contributed by atoms with Crippen molar-refractivity contribution in [1.82, 2.24) is 9.78 Å². The topological polar surface area (TPSA) is 106 Å². The van der Waals surface area contributed by atoms with Crippen molar-refractivity contribution in [3.8, 4) is 0 Å². The van der Waals surface area contributed by atoms with Crippen molar-refractivity contribution in [3.05, 3.63) is 41.6 Å². The van der Waals surface area contributed by atoms with Gasteiger partial charge in [0.15, 0.2) is 6.10 Å². The highest BCUT2D eigenvalue weighted by Crippen LogP contribution is 2.25. The molecule has 1 aromatic heterocycles. The summed E-state index contributed by atoms with van der Waals surface area (Å²) in [5.41, 5.74) is 2.58. The maximum absolute atomic E-state index is 12.7. The van der Waals surface area contributed by atoms with Crippen LogP contribution in [-0.4, -0.2) is 39.4 Å². The van der Waals surface area contributed by atoms with Crippen molar-refractivity contribution in [2.75, 3.05) is 10.3 Å². The van der Waals surface area contributed by atoms with Gasteiger partial charge in [0.2, 0.25) is 5.91 Å². The molecule has 1 aliphatic rings. The SMILES string of the molecule is CCC(C)n1nccc1NC(=O)C(C)OC(=O)C1=NN(c2cc(C)ccc2C)C(=O)CC1. The van der Waals surface area contributed by atoms with Crippen LogP contribution in [0.2, 0.25) is 0 Å². The molecule has 0 saturated carbocycles. The number of ether oxygens (including phenoxy) is 1. The number of benzene rings is 1. The second-order valence-corrected chi connectivity index (χ2v) is 8.00. The molecule has 0 saturated heterocycles. The van der Waals surface area contributed by atoms with Crippen LogP contribution in [0.3, 0.4) is 0 Å². The van der Waals surface area contributed by atoms with Crippen molar-refractivity contribution >= 4 is 35.0 Å². The van der Waals surface area contributed by atoms with Gasteiger partial charge in [0.1, 0.15) is 11.5 Å². The van der Waals surface area contributed by atoms with Gasteiger partial charge in [0, 0.05) is 18.9 Å². The lowest BCUT2D eigenvalue weighted by Gasteiger charge is -2.25. The van der Waals surface area contributed by atoms with Crippen LogP contribution in [0.15, 0.2) is 35.6 Å². The zero-order valence-corrected chi connectivity index (χ0v) is 19.1. The van der Waals surface area contributed by atoms with Crippen LogP contribution in [0.25, 0.3) is 0 Å². The average Bonchev–Trinajstić information content (AvgIpc) is 3.23. The quantitative estimate of drug-likeness (QED) is 0.665. The maximum atomic E-state index is 12.7. The third kappa shape index (κ3) is 5.04. The molecule has 9 heteroatoms. The molecular weight excluding hydrogens is 410 g/mol. The smallest absolute Gasteiger partial charge is 0.355 e. The molecule has 2 aromatic rings. The van der Waals surface area contributed by atoms with Gasteiger partial charge in [-0.15, -0.1) is 0 Å². The molecule has 0 spiro atoms. The van der Waals surface area contributed by atoms with E-state index in [0.29, 0.717) is 11.5 Å². The molecule has 1 N–H and O–H groups in total. The lowest BCUT2D eigenvalue weighted by molar-refractivity contribution is -0.146. The summed E-state index contributed by atoms with van der Waals surface area (Å²) in [7, 11) is 0. The molecule has 3 rings (SSSR count). The molecule has 2 unspecified atom stereocenters. The number of esters is 1. The van der Waals surface area contributed by atoms with E-state index < -0.39 is 18.0 Å². The van der Waals surface area contributed by atoms with Crippen molar-refractivity contribution in [3.63, 3.8) is 0 Å². The maximum Gasteiger partial charge on any atom is 0.355 e. The van der Waals surface area contributed by atoms with Gasteiger partial charge < -0.3 is 10.1 Å². The minimum atomic E-state index is -1.04. The first kappa shape index (κ1) is 23.2. The minimum absolute atomic E-state index is 0.106. The summed E-state index contributed by atoms with van der Waals surface area (Å²) in [6.45, 7) is 9.31. The lowest BCUT2D eigenvalue weighted by atomic mass is 10.1. The van der Waals surface area contributed by atoms with Crippen molar-refractivity contribution in [2.45, 2.75) is 66.0 Å². The van der Waals surface area contributed by atoms with E-state index in [4.69, 9.17) is 4.74 Å². The van der Waals surface area contributed by atoms with Crippen LogP contribution in [-0.2, 0) is 19.1 Å². The van der Waals surface area contributed by atoms with Gasteiger partial charge in [-0.2, -0.15) is 15.2 Å². The zero-order chi connectivity index (χ0) is 23.4. The van der Waals surface area contributed by atoms with Gasteiger partial charge in [0.25, 0.3) is 5.91 Å². The Morgan fingerprint density at radius 1 is 1.19 bits per heavy atom. The number of nitrogens with one attached hydrogen (secondary N) is 1. The number of nitrogens with zero attached hydrogens (tertiary/aromatic N) is 4. The van der Waals surface area contributed by atoms with Gasteiger partial charge in [-0.3, -0.25) is 9.59 Å². The summed E-state index contributed by atoms with van der Waals surface area (Å²) in [5.74, 6) is -0.846. The summed E-state index contributed by atoms with van der Waals surface area (Å²) in [5, 5.41) is 12.5. The second-order valence-electron chi connectivity index (χ2n) is 8.00. The molecule has 0 bridgehead atoms. The number of hydrogen-bond donors (Lipinski definition) is 1. The van der Waals surface area contributed by atoms with Crippen molar-refractivity contribution in [2.24, 2.45) is 5.10 Å². The van der Waals surface area contributed by atoms with Gasteiger partial charge in [0.05, 0.1) is 17.9 Å². The number of hydrazone groups is 1. The van der Waals surface area contributed by atoms with E-state index in [1.807, 2.05) is 45.9 Å². The number of aryl methyl sites for hydroxylation is 2. The van der Waals surface area contributed by atoms with Crippen molar-refractivity contribution < 1.29 is 19.1 Å². The number of aromatic nitrogens is 2. The number of carbonyl (C=O) groups excluding carboxylic acids is 3. The molecule has 2 amide bonds. The Bertz CT molecular complexity index is 1060. The number of amides is 2. The van der Waals surface area contributed by atoms with Crippen LogP contribution in [0, 0.1) is 13.8 Å². The number of hydrogen-bond acceptors (Lipinski definition) is 6. The van der Waals surface area contributed by atoms with Crippen LogP contribution in [0.5, 0.6) is 0 Å². The third-order valence-corrected chi connectivity index (χ3v) is 5.44. The Kier molecular flexibility index (Phi) is 7.07. The Labute approximate surface area is 187 Å². The highest BCUT2D eigenvalue weighted by atomic mass is 16.5. The van der Waals surface area contributed by atoms with Gasteiger partial charge >= 0.3 is 5.97 Å². The fourth-order valence-electron chi connectivity index (χ4n) is 3.28. The molecule has 32 heavy (non-hydrogen) atoms. The molecule has 170 valence electrons. The van der Waals surface area contributed by atoms with E-state index in [2.05, 4.69) is 15.5 Å². The van der Waals surface area contributed by atoms with Gasteiger partial charge in [-0.05, 0) is 51.3 Å². The minimum Gasteiger partial charge on any atom is -0.448 e. The summed E-state index contributed by atoms with van der Waals surface area (Å²) in [6, 6.07) is 7.50. The highest BCUT2D eigenvalue weighted by Gasteiger charge is 2.29. The Hall–Kier alpha value is -3.49. The predicted molar refractivity (Wildman–Crippen MR) is 121 cm³/mol. The van der Waals surface area contributed by atoms with Gasteiger partial charge in [-0.1, -0.05) is 19.1 Å². The predicted octanol–water partition coefficient (Wildman–Crippen LogP) is 3.52. The third-order valence-electron chi connectivity index (χ3n) is 5.44. The molecule has 9 nitrogen and oxygen atoms in total. The van der Waals surface area contributed by atoms with E-state index in [0.717, 1.165) is 17.5 Å². The first-order valence-corrected chi connectivity index (χ1v) is 10.7. The van der Waals surface area contributed by atoms with E-state index >= 15 is 0 Å². The van der Waals surface area contributed by atoms with Crippen LogP contribution < -0.4 is 10.3 Å².